The summed E-state index contributed by atoms with van der Waals surface area (Å²) in [4.78, 5) is 6.59. The molecule has 3 aromatic rings. The van der Waals surface area contributed by atoms with E-state index in [-0.39, 0.29) is 12.4 Å². The molecule has 1 aliphatic rings. The van der Waals surface area contributed by atoms with E-state index in [1.807, 2.05) is 6.07 Å². The molecule has 0 bridgehead atoms. The number of methoxy groups -OCH3 is 1. The Balaban J connectivity index is 1.54. The zero-order chi connectivity index (χ0) is 17.9. The first kappa shape index (κ1) is 17.1. The summed E-state index contributed by atoms with van der Waals surface area (Å²) in [6, 6.07) is 6.61. The van der Waals surface area contributed by atoms with Crippen LogP contribution in [0.15, 0.2) is 28.8 Å². The van der Waals surface area contributed by atoms with Gasteiger partial charge >= 0.3 is 0 Å². The number of aromatic nitrogens is 2. The normalized spacial score (nSPS) is 13.6. The zero-order valence-electron chi connectivity index (χ0n) is 14.2. The lowest BCUT2D eigenvalue weighted by molar-refractivity contribution is 0.112. The lowest BCUT2D eigenvalue weighted by Crippen LogP contribution is -2.05. The molecule has 2 aromatic heterocycles. The Hall–Kier alpha value is -2.29. The summed E-state index contributed by atoms with van der Waals surface area (Å²) in [7, 11) is 1.56. The second-order valence-electron chi connectivity index (χ2n) is 5.77. The van der Waals surface area contributed by atoms with Gasteiger partial charge in [0.2, 0.25) is 5.82 Å². The van der Waals surface area contributed by atoms with Gasteiger partial charge in [0.1, 0.15) is 6.61 Å². The molecule has 0 saturated carbocycles. The van der Waals surface area contributed by atoms with Gasteiger partial charge < -0.3 is 18.7 Å². The van der Waals surface area contributed by atoms with E-state index in [9.17, 15) is 4.39 Å². The molecule has 0 spiro atoms. The fraction of sp³-hybridized carbons (Fsp3) is 0.333. The molecule has 0 atom stereocenters. The fourth-order valence-electron chi connectivity index (χ4n) is 2.69. The SMILES string of the molecule is COCCOc1ccc(-c2noc(-c3cc4c(s3)CCOC4)n2)cc1F. The Kier molecular flexibility index (Phi) is 4.96. The van der Waals surface area contributed by atoms with Gasteiger partial charge in [-0.15, -0.1) is 11.3 Å². The maximum atomic E-state index is 14.2. The maximum absolute atomic E-state index is 14.2. The molecule has 0 saturated heterocycles. The van der Waals surface area contributed by atoms with E-state index in [1.54, 1.807) is 30.6 Å². The van der Waals surface area contributed by atoms with E-state index >= 15 is 0 Å². The minimum absolute atomic E-state index is 0.167. The number of fused-ring (bicyclic) bond motifs is 1. The van der Waals surface area contributed by atoms with Crippen molar-refractivity contribution in [3.8, 4) is 27.9 Å². The first-order valence-electron chi connectivity index (χ1n) is 8.19. The van der Waals surface area contributed by atoms with Gasteiger partial charge in [0, 0.05) is 24.0 Å². The average molecular weight is 376 g/mol. The third-order valence-corrected chi connectivity index (χ3v) is 5.22. The zero-order valence-corrected chi connectivity index (χ0v) is 15.0. The van der Waals surface area contributed by atoms with Gasteiger partial charge in [-0.05, 0) is 29.8 Å². The molecule has 3 heterocycles. The second kappa shape index (κ2) is 7.53. The number of thiophene rings is 1. The number of hydrogen-bond acceptors (Lipinski definition) is 7. The van der Waals surface area contributed by atoms with Crippen molar-refractivity contribution >= 4 is 11.3 Å². The Labute approximate surface area is 153 Å². The Morgan fingerprint density at radius 2 is 2.19 bits per heavy atom. The molecular formula is C18H17FN2O4S. The van der Waals surface area contributed by atoms with Crippen molar-refractivity contribution in [2.75, 3.05) is 26.9 Å². The lowest BCUT2D eigenvalue weighted by Gasteiger charge is -2.10. The average Bonchev–Trinajstić information content (AvgIpc) is 3.30. The van der Waals surface area contributed by atoms with Gasteiger partial charge in [0.15, 0.2) is 11.6 Å². The molecule has 6 nitrogen and oxygen atoms in total. The van der Waals surface area contributed by atoms with Gasteiger partial charge in [0.25, 0.3) is 5.89 Å². The molecule has 0 aliphatic carbocycles. The van der Waals surface area contributed by atoms with Crippen molar-refractivity contribution in [1.29, 1.82) is 0 Å². The van der Waals surface area contributed by atoms with Crippen molar-refractivity contribution in [3.63, 3.8) is 0 Å². The van der Waals surface area contributed by atoms with Crippen LogP contribution >= 0.6 is 11.3 Å². The molecular weight excluding hydrogens is 359 g/mol. The van der Waals surface area contributed by atoms with E-state index < -0.39 is 5.82 Å². The van der Waals surface area contributed by atoms with Crippen molar-refractivity contribution in [3.05, 3.63) is 40.5 Å². The molecule has 1 aromatic carbocycles. The highest BCUT2D eigenvalue weighted by Crippen LogP contribution is 2.34. The predicted octanol–water partition coefficient (Wildman–Crippen LogP) is 3.70. The summed E-state index contributed by atoms with van der Waals surface area (Å²) in [6.45, 7) is 2.03. The summed E-state index contributed by atoms with van der Waals surface area (Å²) in [5.74, 6) is 0.458. The molecule has 0 fully saturated rings. The van der Waals surface area contributed by atoms with Gasteiger partial charge in [0.05, 0.1) is 24.7 Å². The van der Waals surface area contributed by atoms with E-state index in [2.05, 4.69) is 10.1 Å². The van der Waals surface area contributed by atoms with Crippen molar-refractivity contribution < 1.29 is 23.1 Å². The van der Waals surface area contributed by atoms with Gasteiger partial charge in [-0.1, -0.05) is 5.16 Å². The molecule has 4 rings (SSSR count). The van der Waals surface area contributed by atoms with Crippen LogP contribution < -0.4 is 4.74 Å². The number of hydrogen-bond donors (Lipinski definition) is 0. The van der Waals surface area contributed by atoms with Crippen molar-refractivity contribution in [1.82, 2.24) is 10.1 Å². The van der Waals surface area contributed by atoms with Crippen LogP contribution in [0.3, 0.4) is 0 Å². The van der Waals surface area contributed by atoms with Crippen LogP contribution in [-0.2, 0) is 22.5 Å². The quantitative estimate of drug-likeness (QED) is 0.611. The van der Waals surface area contributed by atoms with E-state index in [0.717, 1.165) is 17.9 Å². The van der Waals surface area contributed by atoms with Gasteiger partial charge in [-0.3, -0.25) is 0 Å². The molecule has 26 heavy (non-hydrogen) atoms. The summed E-state index contributed by atoms with van der Waals surface area (Å²) in [5.41, 5.74) is 1.70. The molecule has 0 radical (unpaired) electrons. The largest absolute Gasteiger partial charge is 0.488 e. The first-order valence-corrected chi connectivity index (χ1v) is 9.01. The standard InChI is InChI=1S/C18H17FN2O4S/c1-22-6-7-24-14-3-2-11(8-13(14)19)17-20-18(25-21-17)16-9-12-10-23-5-4-15(12)26-16/h2-3,8-9H,4-7,10H2,1H3. The van der Waals surface area contributed by atoms with Crippen LogP contribution in [0.25, 0.3) is 22.2 Å². The van der Waals surface area contributed by atoms with Crippen LogP contribution in [0, 0.1) is 5.82 Å². The third kappa shape index (κ3) is 3.48. The number of nitrogens with zero attached hydrogens (tertiary/aromatic N) is 2. The number of benzene rings is 1. The van der Waals surface area contributed by atoms with Gasteiger partial charge in [-0.25, -0.2) is 4.39 Å². The number of ether oxygens (including phenoxy) is 3. The van der Waals surface area contributed by atoms with Crippen LogP contribution in [0.1, 0.15) is 10.4 Å². The minimum Gasteiger partial charge on any atom is -0.488 e. The molecule has 1 aliphatic heterocycles. The monoisotopic (exact) mass is 376 g/mol. The Morgan fingerprint density at radius 3 is 3.00 bits per heavy atom. The minimum atomic E-state index is -0.478. The smallest absolute Gasteiger partial charge is 0.268 e. The first-order chi connectivity index (χ1) is 12.7. The Bertz CT molecular complexity index is 885. The van der Waals surface area contributed by atoms with Crippen molar-refractivity contribution in [2.24, 2.45) is 0 Å². The summed E-state index contributed by atoms with van der Waals surface area (Å²) >= 11 is 1.63. The second-order valence-corrected chi connectivity index (χ2v) is 6.91. The van der Waals surface area contributed by atoms with Crippen LogP contribution in [0.4, 0.5) is 4.39 Å². The maximum Gasteiger partial charge on any atom is 0.268 e. The van der Waals surface area contributed by atoms with Crippen LogP contribution in [0.2, 0.25) is 0 Å². The lowest BCUT2D eigenvalue weighted by atomic mass is 10.2. The van der Waals surface area contributed by atoms with Crippen LogP contribution in [0.5, 0.6) is 5.75 Å². The third-order valence-electron chi connectivity index (χ3n) is 4.00. The number of halogens is 1. The summed E-state index contributed by atoms with van der Waals surface area (Å²) in [5, 5.41) is 3.98. The highest BCUT2D eigenvalue weighted by molar-refractivity contribution is 7.15. The summed E-state index contributed by atoms with van der Waals surface area (Å²) in [6.07, 6.45) is 0.900. The molecule has 0 amide bonds. The van der Waals surface area contributed by atoms with E-state index in [4.69, 9.17) is 18.7 Å². The molecule has 0 N–H and O–H groups in total. The topological polar surface area (TPSA) is 66.6 Å². The fourth-order valence-corrected chi connectivity index (χ4v) is 3.76. The highest BCUT2D eigenvalue weighted by atomic mass is 32.1. The number of rotatable bonds is 6. The molecule has 8 heteroatoms. The predicted molar refractivity (Wildman–Crippen MR) is 93.7 cm³/mol. The summed E-state index contributed by atoms with van der Waals surface area (Å²) < 4.78 is 35.2. The van der Waals surface area contributed by atoms with E-state index in [0.29, 0.717) is 30.5 Å². The highest BCUT2D eigenvalue weighted by Gasteiger charge is 2.19. The van der Waals surface area contributed by atoms with Crippen molar-refractivity contribution in [2.45, 2.75) is 13.0 Å². The van der Waals surface area contributed by atoms with Crippen LogP contribution in [-0.4, -0.2) is 37.1 Å². The van der Waals surface area contributed by atoms with E-state index in [1.165, 1.54) is 16.5 Å². The molecule has 0 unspecified atom stereocenters. The van der Waals surface area contributed by atoms with Gasteiger partial charge in [-0.2, -0.15) is 4.98 Å². The Morgan fingerprint density at radius 1 is 1.27 bits per heavy atom. The molecule has 136 valence electrons.